The number of rotatable bonds is 4. The fourth-order valence-corrected chi connectivity index (χ4v) is 2.13. The van der Waals surface area contributed by atoms with Gasteiger partial charge in [0.15, 0.2) is 0 Å². The third kappa shape index (κ3) is 3.30. The monoisotopic (exact) mass is 289 g/mol. The lowest BCUT2D eigenvalue weighted by molar-refractivity contribution is 0.600. The maximum Gasteiger partial charge on any atom is 0.128 e. The molecule has 1 heterocycles. The van der Waals surface area contributed by atoms with Crippen molar-refractivity contribution in [1.82, 2.24) is 4.98 Å². The van der Waals surface area contributed by atoms with Crippen LogP contribution in [0.15, 0.2) is 36.4 Å². The summed E-state index contributed by atoms with van der Waals surface area (Å²) >= 11 is 4.97. The van der Waals surface area contributed by atoms with Crippen LogP contribution in [-0.2, 0) is 0 Å². The Balaban J connectivity index is 2.26. The van der Waals surface area contributed by atoms with Gasteiger partial charge in [0.05, 0.1) is 6.04 Å². The van der Waals surface area contributed by atoms with Crippen molar-refractivity contribution in [3.8, 4) is 0 Å². The zero-order valence-electron chi connectivity index (χ0n) is 11.4. The quantitative estimate of drug-likeness (QED) is 0.848. The summed E-state index contributed by atoms with van der Waals surface area (Å²) in [6.45, 7) is 3.74. The lowest BCUT2D eigenvalue weighted by atomic mass is 10.1. The molecule has 0 aliphatic rings. The van der Waals surface area contributed by atoms with Gasteiger partial charge in [-0.2, -0.15) is 0 Å². The number of aromatic nitrogens is 1. The summed E-state index contributed by atoms with van der Waals surface area (Å²) in [5.41, 5.74) is 7.77. The molecule has 2 aromatic rings. The summed E-state index contributed by atoms with van der Waals surface area (Å²) in [5, 5.41) is 3.17. The number of nitrogens with one attached hydrogen (secondary N) is 1. The number of pyridine rings is 1. The molecule has 1 atom stereocenters. The average Bonchev–Trinajstić information content (AvgIpc) is 2.38. The highest BCUT2D eigenvalue weighted by atomic mass is 32.1. The standard InChI is InChI=1S/C15H16FN3S/c1-9-7-11(15(17)20)8-14(18-9)19-10(2)12-5-3-4-6-13(12)16/h3-8,10H,1-2H3,(H2,17,20)(H,18,19). The van der Waals surface area contributed by atoms with Crippen LogP contribution in [0.25, 0.3) is 0 Å². The number of hydrogen-bond donors (Lipinski definition) is 2. The number of halogens is 1. The van der Waals surface area contributed by atoms with Crippen LogP contribution in [0.3, 0.4) is 0 Å². The molecule has 3 nitrogen and oxygen atoms in total. The van der Waals surface area contributed by atoms with Crippen LogP contribution < -0.4 is 11.1 Å². The number of thiocarbonyl (C=S) groups is 1. The molecule has 0 saturated carbocycles. The molecule has 0 aliphatic heterocycles. The number of benzene rings is 1. The highest BCUT2D eigenvalue weighted by Crippen LogP contribution is 2.21. The highest BCUT2D eigenvalue weighted by Gasteiger charge is 2.11. The first-order chi connectivity index (χ1) is 9.47. The Bertz CT molecular complexity index is 643. The SMILES string of the molecule is Cc1cc(C(N)=S)cc(NC(C)c2ccccc2F)n1. The van der Waals surface area contributed by atoms with Gasteiger partial charge in [0.1, 0.15) is 16.6 Å². The van der Waals surface area contributed by atoms with Gasteiger partial charge in [0.2, 0.25) is 0 Å². The van der Waals surface area contributed by atoms with E-state index in [2.05, 4.69) is 10.3 Å². The summed E-state index contributed by atoms with van der Waals surface area (Å²) in [5.74, 6) is 0.387. The van der Waals surface area contributed by atoms with Crippen LogP contribution >= 0.6 is 12.2 Å². The Labute approximate surface area is 123 Å². The first kappa shape index (κ1) is 14.4. The van der Waals surface area contributed by atoms with Crippen LogP contribution in [0.5, 0.6) is 0 Å². The predicted octanol–water partition coefficient (Wildman–Crippen LogP) is 3.34. The van der Waals surface area contributed by atoms with E-state index in [9.17, 15) is 4.39 Å². The molecule has 1 aromatic carbocycles. The third-order valence-electron chi connectivity index (χ3n) is 2.97. The van der Waals surface area contributed by atoms with Gasteiger partial charge < -0.3 is 11.1 Å². The molecule has 0 amide bonds. The zero-order valence-corrected chi connectivity index (χ0v) is 12.2. The molecule has 1 unspecified atom stereocenters. The maximum atomic E-state index is 13.7. The van der Waals surface area contributed by atoms with Crippen LogP contribution in [-0.4, -0.2) is 9.97 Å². The van der Waals surface area contributed by atoms with Crippen molar-refractivity contribution in [2.45, 2.75) is 19.9 Å². The first-order valence-corrected chi connectivity index (χ1v) is 6.67. The predicted molar refractivity (Wildman–Crippen MR) is 83.3 cm³/mol. The van der Waals surface area contributed by atoms with Crippen molar-refractivity contribution in [1.29, 1.82) is 0 Å². The number of nitrogens with two attached hydrogens (primary N) is 1. The normalized spacial score (nSPS) is 11.9. The number of aryl methyl sites for hydroxylation is 1. The summed E-state index contributed by atoms with van der Waals surface area (Å²) in [6.07, 6.45) is 0. The van der Waals surface area contributed by atoms with Crippen molar-refractivity contribution in [3.63, 3.8) is 0 Å². The minimum Gasteiger partial charge on any atom is -0.389 e. The van der Waals surface area contributed by atoms with Gasteiger partial charge in [-0.25, -0.2) is 9.37 Å². The van der Waals surface area contributed by atoms with Crippen LogP contribution in [0.2, 0.25) is 0 Å². The molecule has 104 valence electrons. The molecular weight excluding hydrogens is 273 g/mol. The Kier molecular flexibility index (Phi) is 4.29. The fraction of sp³-hybridized carbons (Fsp3) is 0.200. The van der Waals surface area contributed by atoms with Crippen LogP contribution in [0.4, 0.5) is 10.2 Å². The van der Waals surface area contributed by atoms with E-state index in [4.69, 9.17) is 18.0 Å². The number of nitrogens with zero attached hydrogens (tertiary/aromatic N) is 1. The molecule has 5 heteroatoms. The molecule has 0 spiro atoms. The van der Waals surface area contributed by atoms with Gasteiger partial charge in [-0.1, -0.05) is 30.4 Å². The van der Waals surface area contributed by atoms with Crippen LogP contribution in [0, 0.1) is 12.7 Å². The van der Waals surface area contributed by atoms with E-state index in [1.165, 1.54) is 6.07 Å². The molecule has 0 bridgehead atoms. The molecule has 0 saturated heterocycles. The molecule has 3 N–H and O–H groups in total. The average molecular weight is 289 g/mol. The Morgan fingerprint density at radius 2 is 2.05 bits per heavy atom. The van der Waals surface area contributed by atoms with E-state index >= 15 is 0 Å². The van der Waals surface area contributed by atoms with Gasteiger partial charge in [-0.3, -0.25) is 0 Å². The smallest absolute Gasteiger partial charge is 0.128 e. The van der Waals surface area contributed by atoms with Gasteiger partial charge in [0.25, 0.3) is 0 Å². The Morgan fingerprint density at radius 1 is 1.35 bits per heavy atom. The fourth-order valence-electron chi connectivity index (χ4n) is 2.01. The number of hydrogen-bond acceptors (Lipinski definition) is 3. The maximum absolute atomic E-state index is 13.7. The number of anilines is 1. The zero-order chi connectivity index (χ0) is 14.7. The van der Waals surface area contributed by atoms with Crippen molar-refractivity contribution < 1.29 is 4.39 Å². The van der Waals surface area contributed by atoms with Gasteiger partial charge >= 0.3 is 0 Å². The lowest BCUT2D eigenvalue weighted by Crippen LogP contribution is -2.13. The molecule has 20 heavy (non-hydrogen) atoms. The third-order valence-corrected chi connectivity index (χ3v) is 3.21. The van der Waals surface area contributed by atoms with E-state index in [0.717, 1.165) is 11.3 Å². The largest absolute Gasteiger partial charge is 0.389 e. The molecule has 2 rings (SSSR count). The summed E-state index contributed by atoms with van der Waals surface area (Å²) in [7, 11) is 0. The highest BCUT2D eigenvalue weighted by molar-refractivity contribution is 7.80. The van der Waals surface area contributed by atoms with E-state index in [0.29, 0.717) is 16.4 Å². The van der Waals surface area contributed by atoms with E-state index in [1.54, 1.807) is 24.3 Å². The minimum absolute atomic E-state index is 0.204. The molecule has 0 aliphatic carbocycles. The minimum atomic E-state index is -0.241. The van der Waals surface area contributed by atoms with E-state index < -0.39 is 0 Å². The van der Waals surface area contributed by atoms with Crippen molar-refractivity contribution in [2.24, 2.45) is 5.73 Å². The summed E-state index contributed by atoms with van der Waals surface area (Å²) in [4.78, 5) is 4.68. The second kappa shape index (κ2) is 5.96. The van der Waals surface area contributed by atoms with E-state index in [1.807, 2.05) is 19.9 Å². The first-order valence-electron chi connectivity index (χ1n) is 6.27. The van der Waals surface area contributed by atoms with Gasteiger partial charge in [0, 0.05) is 16.8 Å². The Morgan fingerprint density at radius 3 is 2.70 bits per heavy atom. The summed E-state index contributed by atoms with van der Waals surface area (Å²) < 4.78 is 13.7. The topological polar surface area (TPSA) is 50.9 Å². The molecular formula is C15H16FN3S. The second-order valence-corrected chi connectivity index (χ2v) is 5.07. The Hall–Kier alpha value is -2.01. The van der Waals surface area contributed by atoms with Crippen molar-refractivity contribution >= 4 is 23.0 Å². The summed E-state index contributed by atoms with van der Waals surface area (Å²) in [6, 6.07) is 10.1. The van der Waals surface area contributed by atoms with Gasteiger partial charge in [-0.05, 0) is 32.0 Å². The lowest BCUT2D eigenvalue weighted by Gasteiger charge is -2.16. The second-order valence-electron chi connectivity index (χ2n) is 4.63. The molecule has 0 radical (unpaired) electrons. The molecule has 0 fully saturated rings. The van der Waals surface area contributed by atoms with Crippen molar-refractivity contribution in [3.05, 3.63) is 59.0 Å². The van der Waals surface area contributed by atoms with Crippen LogP contribution in [0.1, 0.15) is 29.8 Å². The molecule has 1 aromatic heterocycles. The van der Waals surface area contributed by atoms with Crippen molar-refractivity contribution in [2.75, 3.05) is 5.32 Å². The van der Waals surface area contributed by atoms with E-state index in [-0.39, 0.29) is 11.9 Å². The van der Waals surface area contributed by atoms with Gasteiger partial charge in [-0.15, -0.1) is 0 Å².